The molecule has 4 heteroatoms. The summed E-state index contributed by atoms with van der Waals surface area (Å²) in [7, 11) is 0. The molecule has 0 rings (SSSR count). The summed E-state index contributed by atoms with van der Waals surface area (Å²) in [6.07, 6.45) is 3.72. The molecule has 0 aromatic carbocycles. The van der Waals surface area contributed by atoms with Crippen LogP contribution in [0.15, 0.2) is 0 Å². The van der Waals surface area contributed by atoms with Gasteiger partial charge in [-0.05, 0) is 19.4 Å². The van der Waals surface area contributed by atoms with Crippen LogP contribution in [0.25, 0.3) is 0 Å². The third kappa shape index (κ3) is 13.3. The number of ether oxygens (including phenoxy) is 1. The minimum atomic E-state index is 0.120. The second kappa shape index (κ2) is 11.9. The lowest BCUT2D eigenvalue weighted by Crippen LogP contribution is -2.29. The van der Waals surface area contributed by atoms with Crippen molar-refractivity contribution in [3.63, 3.8) is 0 Å². The van der Waals surface area contributed by atoms with Crippen molar-refractivity contribution >= 4 is 5.91 Å². The van der Waals surface area contributed by atoms with E-state index in [1.807, 2.05) is 0 Å². The van der Waals surface area contributed by atoms with Crippen LogP contribution in [0, 0.1) is 0 Å². The monoisotopic (exact) mass is 244 g/mol. The molecule has 0 aromatic rings. The first-order valence-corrected chi connectivity index (χ1v) is 6.74. The maximum absolute atomic E-state index is 11.4. The molecule has 0 heterocycles. The van der Waals surface area contributed by atoms with E-state index in [1.54, 1.807) is 0 Å². The molecule has 1 amide bonds. The summed E-state index contributed by atoms with van der Waals surface area (Å²) in [4.78, 5) is 11.4. The molecule has 0 aliphatic carbocycles. The van der Waals surface area contributed by atoms with Crippen LogP contribution in [-0.4, -0.2) is 38.3 Å². The van der Waals surface area contributed by atoms with Crippen LogP contribution < -0.4 is 10.6 Å². The fourth-order valence-electron chi connectivity index (χ4n) is 1.34. The van der Waals surface area contributed by atoms with Crippen LogP contribution in [0.4, 0.5) is 0 Å². The first-order chi connectivity index (χ1) is 8.16. The van der Waals surface area contributed by atoms with Crippen LogP contribution >= 0.6 is 0 Å². The van der Waals surface area contributed by atoms with Gasteiger partial charge < -0.3 is 15.4 Å². The summed E-state index contributed by atoms with van der Waals surface area (Å²) in [5.41, 5.74) is 0. The number of rotatable bonds is 11. The number of amides is 1. The van der Waals surface area contributed by atoms with Gasteiger partial charge in [0.25, 0.3) is 0 Å². The van der Waals surface area contributed by atoms with Gasteiger partial charge in [-0.25, -0.2) is 0 Å². The maximum Gasteiger partial charge on any atom is 0.220 e. The van der Waals surface area contributed by atoms with Gasteiger partial charge in [-0.2, -0.15) is 0 Å². The average molecular weight is 244 g/mol. The summed E-state index contributed by atoms with van der Waals surface area (Å²) < 4.78 is 5.35. The van der Waals surface area contributed by atoms with E-state index in [0.29, 0.717) is 25.6 Å². The highest BCUT2D eigenvalue weighted by molar-refractivity contribution is 5.75. The van der Waals surface area contributed by atoms with Gasteiger partial charge in [-0.1, -0.05) is 27.2 Å². The van der Waals surface area contributed by atoms with Crippen molar-refractivity contribution in [1.29, 1.82) is 0 Å². The second-order valence-corrected chi connectivity index (χ2v) is 4.53. The zero-order chi connectivity index (χ0) is 12.9. The van der Waals surface area contributed by atoms with Crippen molar-refractivity contribution < 1.29 is 9.53 Å². The fourth-order valence-corrected chi connectivity index (χ4v) is 1.34. The maximum atomic E-state index is 11.4. The van der Waals surface area contributed by atoms with Crippen molar-refractivity contribution in [1.82, 2.24) is 10.6 Å². The molecule has 2 N–H and O–H groups in total. The zero-order valence-electron chi connectivity index (χ0n) is 11.6. The predicted octanol–water partition coefficient (Wildman–Crippen LogP) is 1.70. The van der Waals surface area contributed by atoms with E-state index in [9.17, 15) is 4.79 Å². The Morgan fingerprint density at radius 2 is 1.94 bits per heavy atom. The van der Waals surface area contributed by atoms with Crippen molar-refractivity contribution in [2.45, 2.75) is 52.5 Å². The van der Waals surface area contributed by atoms with Crippen molar-refractivity contribution in [3.8, 4) is 0 Å². The van der Waals surface area contributed by atoms with Crippen molar-refractivity contribution in [3.05, 3.63) is 0 Å². The predicted molar refractivity (Wildman–Crippen MR) is 71.1 cm³/mol. The van der Waals surface area contributed by atoms with E-state index in [4.69, 9.17) is 4.74 Å². The number of hydrogen-bond donors (Lipinski definition) is 2. The van der Waals surface area contributed by atoms with E-state index in [-0.39, 0.29) is 5.91 Å². The lowest BCUT2D eigenvalue weighted by molar-refractivity contribution is -0.121. The summed E-state index contributed by atoms with van der Waals surface area (Å²) in [6.45, 7) is 9.29. The Labute approximate surface area is 105 Å². The van der Waals surface area contributed by atoms with Crippen LogP contribution in [-0.2, 0) is 9.53 Å². The number of carbonyl (C=O) groups is 1. The summed E-state index contributed by atoms with van der Waals surface area (Å²) in [6, 6.07) is 0.491. The Morgan fingerprint density at radius 3 is 2.59 bits per heavy atom. The summed E-state index contributed by atoms with van der Waals surface area (Å²) >= 11 is 0. The number of hydrogen-bond acceptors (Lipinski definition) is 3. The van der Waals surface area contributed by atoms with Crippen molar-refractivity contribution in [2.24, 2.45) is 0 Å². The van der Waals surface area contributed by atoms with Crippen LogP contribution in [0.1, 0.15) is 46.5 Å². The Kier molecular flexibility index (Phi) is 11.4. The molecular formula is C13H28N2O2. The minimum absolute atomic E-state index is 0.120. The van der Waals surface area contributed by atoms with Gasteiger partial charge in [0.1, 0.15) is 0 Å². The van der Waals surface area contributed by atoms with E-state index in [1.165, 1.54) is 0 Å². The Balaban J connectivity index is 3.18. The molecule has 0 saturated heterocycles. The average Bonchev–Trinajstić information content (AvgIpc) is 2.29. The Morgan fingerprint density at radius 1 is 1.18 bits per heavy atom. The van der Waals surface area contributed by atoms with Gasteiger partial charge in [-0.15, -0.1) is 0 Å². The van der Waals surface area contributed by atoms with Gasteiger partial charge in [-0.3, -0.25) is 4.79 Å². The van der Waals surface area contributed by atoms with Gasteiger partial charge in [0.2, 0.25) is 5.91 Å². The minimum Gasteiger partial charge on any atom is -0.380 e. The van der Waals surface area contributed by atoms with Crippen LogP contribution in [0.3, 0.4) is 0 Å². The molecule has 0 unspecified atom stereocenters. The van der Waals surface area contributed by atoms with Crippen LogP contribution in [0.5, 0.6) is 0 Å². The second-order valence-electron chi connectivity index (χ2n) is 4.53. The normalized spacial score (nSPS) is 10.8. The molecule has 0 atom stereocenters. The largest absolute Gasteiger partial charge is 0.380 e. The molecule has 17 heavy (non-hydrogen) atoms. The zero-order valence-corrected chi connectivity index (χ0v) is 11.6. The molecular weight excluding hydrogens is 216 g/mol. The van der Waals surface area contributed by atoms with E-state index in [2.05, 4.69) is 31.4 Å². The first kappa shape index (κ1) is 16.4. The number of nitrogens with one attached hydrogen (secondary N) is 2. The summed E-state index contributed by atoms with van der Waals surface area (Å²) in [5, 5.41) is 6.14. The standard InChI is InChI=1S/C13H28N2O2/c1-4-5-10-17-11-9-15-13(16)7-6-8-14-12(2)3/h12,14H,4-11H2,1-3H3,(H,15,16). The molecule has 0 spiro atoms. The van der Waals surface area contributed by atoms with Gasteiger partial charge in [0.15, 0.2) is 0 Å². The molecule has 0 aliphatic heterocycles. The molecule has 0 aromatic heterocycles. The van der Waals surface area contributed by atoms with E-state index < -0.39 is 0 Å². The molecule has 0 bridgehead atoms. The summed E-state index contributed by atoms with van der Waals surface area (Å²) in [5.74, 6) is 0.120. The molecule has 0 aliphatic rings. The molecule has 0 saturated carbocycles. The molecule has 102 valence electrons. The molecule has 4 nitrogen and oxygen atoms in total. The van der Waals surface area contributed by atoms with Gasteiger partial charge >= 0.3 is 0 Å². The Hall–Kier alpha value is -0.610. The SMILES string of the molecule is CCCCOCCNC(=O)CCCNC(C)C. The topological polar surface area (TPSA) is 50.4 Å². The highest BCUT2D eigenvalue weighted by Crippen LogP contribution is 1.89. The number of unbranched alkanes of at least 4 members (excludes halogenated alkanes) is 1. The highest BCUT2D eigenvalue weighted by atomic mass is 16.5. The molecule has 0 fully saturated rings. The lowest BCUT2D eigenvalue weighted by Gasteiger charge is -2.08. The number of carbonyl (C=O) groups excluding carboxylic acids is 1. The fraction of sp³-hybridized carbons (Fsp3) is 0.923. The highest BCUT2D eigenvalue weighted by Gasteiger charge is 2.00. The third-order valence-corrected chi connectivity index (χ3v) is 2.34. The smallest absolute Gasteiger partial charge is 0.220 e. The van der Waals surface area contributed by atoms with E-state index in [0.717, 1.165) is 32.4 Å². The third-order valence-electron chi connectivity index (χ3n) is 2.34. The van der Waals surface area contributed by atoms with E-state index >= 15 is 0 Å². The Bertz CT molecular complexity index is 184. The van der Waals surface area contributed by atoms with Crippen molar-refractivity contribution in [2.75, 3.05) is 26.3 Å². The lowest BCUT2D eigenvalue weighted by atomic mass is 10.2. The van der Waals surface area contributed by atoms with Gasteiger partial charge in [0, 0.05) is 25.6 Å². The van der Waals surface area contributed by atoms with Crippen LogP contribution in [0.2, 0.25) is 0 Å². The van der Waals surface area contributed by atoms with Gasteiger partial charge in [0.05, 0.1) is 6.61 Å². The first-order valence-electron chi connectivity index (χ1n) is 6.74. The quantitative estimate of drug-likeness (QED) is 0.544. The molecule has 0 radical (unpaired) electrons.